The number of hydrogen-bond donors (Lipinski definition) is 1. The highest BCUT2D eigenvalue weighted by Gasteiger charge is 2.11. The summed E-state index contributed by atoms with van der Waals surface area (Å²) < 4.78 is 6.25. The second-order valence-corrected chi connectivity index (χ2v) is 3.67. The van der Waals surface area contributed by atoms with E-state index in [1.165, 1.54) is 6.20 Å². The molecule has 2 heterocycles. The van der Waals surface area contributed by atoms with Crippen LogP contribution in [0.3, 0.4) is 0 Å². The van der Waals surface area contributed by atoms with Gasteiger partial charge in [0.15, 0.2) is 11.0 Å². The Kier molecular flexibility index (Phi) is 1.84. The van der Waals surface area contributed by atoms with Gasteiger partial charge in [-0.1, -0.05) is 11.6 Å². The summed E-state index contributed by atoms with van der Waals surface area (Å²) in [5.74, 6) is 0. The second-order valence-electron chi connectivity index (χ2n) is 3.24. The predicted molar refractivity (Wildman–Crippen MR) is 58.3 cm³/mol. The van der Waals surface area contributed by atoms with E-state index in [9.17, 15) is 0 Å². The molecule has 6 nitrogen and oxygen atoms in total. The highest BCUT2D eigenvalue weighted by molar-refractivity contribution is 6.30. The smallest absolute Gasteiger partial charge is 0.162 e. The number of benzene rings is 1. The Morgan fingerprint density at radius 1 is 1.25 bits per heavy atom. The summed E-state index contributed by atoms with van der Waals surface area (Å²) in [6.07, 6.45) is 3.21. The molecule has 3 aromatic rings. The molecule has 2 aromatic heterocycles. The Bertz CT molecular complexity index is 659. The maximum absolute atomic E-state index is 5.80. The molecule has 7 heteroatoms. The van der Waals surface area contributed by atoms with Crippen molar-refractivity contribution in [3.05, 3.63) is 29.5 Å². The number of anilines is 1. The van der Waals surface area contributed by atoms with Gasteiger partial charge in [0.25, 0.3) is 0 Å². The quantitative estimate of drug-likeness (QED) is 0.649. The minimum absolute atomic E-state index is 0.512. The largest absolute Gasteiger partial charge is 0.397 e. The van der Waals surface area contributed by atoms with Gasteiger partial charge in [-0.3, -0.25) is 0 Å². The molecule has 0 unspecified atom stereocenters. The fourth-order valence-corrected chi connectivity index (χ4v) is 1.63. The number of rotatable bonds is 1. The van der Waals surface area contributed by atoms with Gasteiger partial charge in [-0.25, -0.2) is 9.31 Å². The zero-order valence-corrected chi connectivity index (χ0v) is 8.72. The number of nitrogens with two attached hydrogens (primary N) is 1. The van der Waals surface area contributed by atoms with Crippen LogP contribution >= 0.6 is 11.6 Å². The standard InChI is InChI=1S/C9H6ClN5O/c10-5-3-12-15(4-5)7-2-1-6(11)8-9(7)14-16-13-8/h1-4H,11H2. The first-order valence-corrected chi connectivity index (χ1v) is 4.85. The van der Waals surface area contributed by atoms with Gasteiger partial charge in [0.05, 0.1) is 22.6 Å². The van der Waals surface area contributed by atoms with Crippen LogP contribution in [0.25, 0.3) is 16.7 Å². The fourth-order valence-electron chi connectivity index (χ4n) is 1.49. The third-order valence-electron chi connectivity index (χ3n) is 2.22. The van der Waals surface area contributed by atoms with Crippen LogP contribution in [0.4, 0.5) is 5.69 Å². The normalized spacial score (nSPS) is 11.1. The molecule has 16 heavy (non-hydrogen) atoms. The van der Waals surface area contributed by atoms with Gasteiger partial charge in [0.2, 0.25) is 0 Å². The Hall–Kier alpha value is -2.08. The predicted octanol–water partition coefficient (Wildman–Crippen LogP) is 1.64. The molecule has 3 rings (SSSR count). The van der Waals surface area contributed by atoms with Crippen molar-refractivity contribution in [1.82, 2.24) is 20.1 Å². The topological polar surface area (TPSA) is 82.8 Å². The second kappa shape index (κ2) is 3.21. The first-order chi connectivity index (χ1) is 7.75. The van der Waals surface area contributed by atoms with E-state index in [4.69, 9.17) is 17.3 Å². The molecule has 0 saturated heterocycles. The van der Waals surface area contributed by atoms with Crippen molar-refractivity contribution in [3.63, 3.8) is 0 Å². The molecule has 0 spiro atoms. The van der Waals surface area contributed by atoms with Gasteiger partial charge in [-0.05, 0) is 22.4 Å². The van der Waals surface area contributed by atoms with E-state index in [1.807, 2.05) is 0 Å². The molecule has 0 aliphatic heterocycles. The average Bonchev–Trinajstić information content (AvgIpc) is 2.87. The number of fused-ring (bicyclic) bond motifs is 1. The molecule has 0 amide bonds. The Labute approximate surface area is 94.6 Å². The Morgan fingerprint density at radius 2 is 2.06 bits per heavy atom. The third-order valence-corrected chi connectivity index (χ3v) is 2.42. The van der Waals surface area contributed by atoms with E-state index in [0.29, 0.717) is 21.7 Å². The Morgan fingerprint density at radius 3 is 2.81 bits per heavy atom. The summed E-state index contributed by atoms with van der Waals surface area (Å²) in [6, 6.07) is 3.50. The first-order valence-electron chi connectivity index (χ1n) is 4.47. The van der Waals surface area contributed by atoms with Crippen molar-refractivity contribution in [2.24, 2.45) is 0 Å². The van der Waals surface area contributed by atoms with Crippen molar-refractivity contribution in [2.45, 2.75) is 0 Å². The molecule has 0 aliphatic rings. The van der Waals surface area contributed by atoms with Crippen molar-refractivity contribution in [2.75, 3.05) is 5.73 Å². The van der Waals surface area contributed by atoms with Gasteiger partial charge < -0.3 is 5.73 Å². The number of nitrogen functional groups attached to an aromatic ring is 1. The molecule has 0 atom stereocenters. The number of hydrogen-bond acceptors (Lipinski definition) is 5. The lowest BCUT2D eigenvalue weighted by molar-refractivity contribution is 0.315. The maximum Gasteiger partial charge on any atom is 0.162 e. The highest BCUT2D eigenvalue weighted by atomic mass is 35.5. The molecule has 0 radical (unpaired) electrons. The molecule has 80 valence electrons. The maximum atomic E-state index is 5.80. The van der Waals surface area contributed by atoms with Crippen LogP contribution in [0.5, 0.6) is 0 Å². The van der Waals surface area contributed by atoms with Crippen molar-refractivity contribution < 1.29 is 4.63 Å². The third kappa shape index (κ3) is 1.24. The molecular weight excluding hydrogens is 230 g/mol. The van der Waals surface area contributed by atoms with Crippen LogP contribution in [0.15, 0.2) is 29.2 Å². The van der Waals surface area contributed by atoms with Gasteiger partial charge >= 0.3 is 0 Å². The molecule has 0 bridgehead atoms. The van der Waals surface area contributed by atoms with Crippen LogP contribution in [0.2, 0.25) is 5.02 Å². The Balaban J connectivity index is 2.32. The molecule has 0 aliphatic carbocycles. The zero-order chi connectivity index (χ0) is 11.1. The van der Waals surface area contributed by atoms with Crippen LogP contribution in [0.1, 0.15) is 0 Å². The van der Waals surface area contributed by atoms with Gasteiger partial charge in [-0.15, -0.1) is 0 Å². The van der Waals surface area contributed by atoms with E-state index in [0.717, 1.165) is 5.69 Å². The SMILES string of the molecule is Nc1ccc(-n2cc(Cl)cn2)c2nonc12. The summed E-state index contributed by atoms with van der Waals surface area (Å²) in [5.41, 5.74) is 8.04. The minimum atomic E-state index is 0.512. The van der Waals surface area contributed by atoms with Crippen molar-refractivity contribution >= 4 is 28.3 Å². The average molecular weight is 236 g/mol. The molecule has 1 aromatic carbocycles. The lowest BCUT2D eigenvalue weighted by atomic mass is 10.2. The van der Waals surface area contributed by atoms with Crippen LogP contribution in [0, 0.1) is 0 Å². The van der Waals surface area contributed by atoms with Gasteiger partial charge in [0, 0.05) is 6.20 Å². The zero-order valence-electron chi connectivity index (χ0n) is 7.96. The number of nitrogens with zero attached hydrogens (tertiary/aromatic N) is 4. The summed E-state index contributed by atoms with van der Waals surface area (Å²) >= 11 is 5.80. The highest BCUT2D eigenvalue weighted by Crippen LogP contribution is 2.24. The van der Waals surface area contributed by atoms with E-state index in [2.05, 4.69) is 20.0 Å². The van der Waals surface area contributed by atoms with Crippen LogP contribution in [-0.2, 0) is 0 Å². The van der Waals surface area contributed by atoms with Crippen LogP contribution < -0.4 is 5.73 Å². The van der Waals surface area contributed by atoms with Crippen molar-refractivity contribution in [3.8, 4) is 5.69 Å². The summed E-state index contributed by atoms with van der Waals surface area (Å²) in [7, 11) is 0. The minimum Gasteiger partial charge on any atom is -0.397 e. The number of halogens is 1. The first kappa shape index (κ1) is 9.17. The van der Waals surface area contributed by atoms with E-state index in [-0.39, 0.29) is 0 Å². The van der Waals surface area contributed by atoms with Crippen molar-refractivity contribution in [1.29, 1.82) is 0 Å². The lowest BCUT2D eigenvalue weighted by Crippen LogP contribution is -1.97. The van der Waals surface area contributed by atoms with E-state index >= 15 is 0 Å². The summed E-state index contributed by atoms with van der Waals surface area (Å²) in [6.45, 7) is 0. The molecule has 0 saturated carbocycles. The monoisotopic (exact) mass is 235 g/mol. The lowest BCUT2D eigenvalue weighted by Gasteiger charge is -2.01. The number of aromatic nitrogens is 4. The molecule has 2 N–H and O–H groups in total. The van der Waals surface area contributed by atoms with E-state index < -0.39 is 0 Å². The van der Waals surface area contributed by atoms with E-state index in [1.54, 1.807) is 23.0 Å². The van der Waals surface area contributed by atoms with Crippen LogP contribution in [-0.4, -0.2) is 20.1 Å². The summed E-state index contributed by atoms with van der Waals surface area (Å²) in [5, 5.41) is 12.1. The molecule has 0 fully saturated rings. The van der Waals surface area contributed by atoms with Gasteiger partial charge in [0.1, 0.15) is 0 Å². The van der Waals surface area contributed by atoms with Gasteiger partial charge in [-0.2, -0.15) is 5.10 Å². The fraction of sp³-hybridized carbons (Fsp3) is 0. The molecular formula is C9H6ClN5O. The summed E-state index contributed by atoms with van der Waals surface area (Å²) in [4.78, 5) is 0.